The number of amides is 1. The maximum Gasteiger partial charge on any atom is 0.418 e. The van der Waals surface area contributed by atoms with Gasteiger partial charge < -0.3 is 5.32 Å². The van der Waals surface area contributed by atoms with Crippen LogP contribution in [0.1, 0.15) is 11.1 Å². The number of hydrogen-bond acceptors (Lipinski definition) is 3. The maximum atomic E-state index is 13.1. The number of benzene rings is 3. The summed E-state index contributed by atoms with van der Waals surface area (Å²) in [6.07, 6.45) is -4.38. The number of aromatic nitrogens is 1. The number of alkyl halides is 3. The smallest absolute Gasteiger partial charge is 0.302 e. The summed E-state index contributed by atoms with van der Waals surface area (Å²) >= 11 is 1.02. The highest BCUT2D eigenvalue weighted by Gasteiger charge is 2.33. The predicted molar refractivity (Wildman–Crippen MR) is 109 cm³/mol. The summed E-state index contributed by atoms with van der Waals surface area (Å²) in [5.41, 5.74) is 1.98. The van der Waals surface area contributed by atoms with E-state index in [9.17, 15) is 18.0 Å². The zero-order valence-corrected chi connectivity index (χ0v) is 15.8. The van der Waals surface area contributed by atoms with Crippen LogP contribution in [-0.2, 0) is 17.4 Å². The largest absolute Gasteiger partial charge is 0.418 e. The highest BCUT2D eigenvalue weighted by atomic mass is 32.1. The van der Waals surface area contributed by atoms with Crippen LogP contribution in [0.2, 0.25) is 0 Å². The summed E-state index contributed by atoms with van der Waals surface area (Å²) in [7, 11) is 0. The molecule has 3 nitrogen and oxygen atoms in total. The minimum Gasteiger partial charge on any atom is -0.302 e. The Hall–Kier alpha value is -3.19. The molecule has 4 aromatic rings. The third-order valence-corrected chi connectivity index (χ3v) is 5.33. The van der Waals surface area contributed by atoms with Crippen molar-refractivity contribution in [3.63, 3.8) is 0 Å². The highest BCUT2D eigenvalue weighted by molar-refractivity contribution is 7.22. The lowest BCUT2D eigenvalue weighted by atomic mass is 10.0. The number of para-hydroxylation sites is 1. The van der Waals surface area contributed by atoms with E-state index in [0.29, 0.717) is 4.70 Å². The SMILES string of the molecule is O=C(Cc1ccc(-c2ccccc2)cc1)Nc1nc2c(C(F)(F)F)cccc2s1. The number of carbonyl (C=O) groups is 1. The molecule has 0 aliphatic rings. The first-order valence-corrected chi connectivity index (χ1v) is 9.63. The van der Waals surface area contributed by atoms with E-state index in [0.717, 1.165) is 34.1 Å². The summed E-state index contributed by atoms with van der Waals surface area (Å²) < 4.78 is 39.7. The molecule has 0 bridgehead atoms. The van der Waals surface area contributed by atoms with Crippen LogP contribution in [0, 0.1) is 0 Å². The number of hydrogen-bond donors (Lipinski definition) is 1. The van der Waals surface area contributed by atoms with E-state index in [4.69, 9.17) is 0 Å². The zero-order chi connectivity index (χ0) is 20.4. The van der Waals surface area contributed by atoms with Crippen molar-refractivity contribution in [1.82, 2.24) is 4.98 Å². The molecule has 0 unspecified atom stereocenters. The Bertz CT molecular complexity index is 1150. The molecule has 1 amide bonds. The van der Waals surface area contributed by atoms with Crippen molar-refractivity contribution in [2.45, 2.75) is 12.6 Å². The van der Waals surface area contributed by atoms with Crippen molar-refractivity contribution < 1.29 is 18.0 Å². The molecule has 4 rings (SSSR count). The quantitative estimate of drug-likeness (QED) is 0.436. The number of halogens is 3. The van der Waals surface area contributed by atoms with Gasteiger partial charge in [0.15, 0.2) is 5.13 Å². The third kappa shape index (κ3) is 4.30. The molecule has 1 N–H and O–H groups in total. The van der Waals surface area contributed by atoms with Crippen molar-refractivity contribution in [1.29, 1.82) is 0 Å². The van der Waals surface area contributed by atoms with Crippen molar-refractivity contribution in [3.8, 4) is 11.1 Å². The van der Waals surface area contributed by atoms with Crippen LogP contribution in [0.25, 0.3) is 21.3 Å². The molecule has 0 saturated heterocycles. The summed E-state index contributed by atoms with van der Waals surface area (Å²) in [6.45, 7) is 0. The Morgan fingerprint density at radius 1 is 0.897 bits per heavy atom. The number of thiazole rings is 1. The monoisotopic (exact) mass is 412 g/mol. The van der Waals surface area contributed by atoms with Gasteiger partial charge in [-0.05, 0) is 28.8 Å². The van der Waals surface area contributed by atoms with Crippen LogP contribution < -0.4 is 5.32 Å². The van der Waals surface area contributed by atoms with Crippen LogP contribution in [0.5, 0.6) is 0 Å². The average molecular weight is 412 g/mol. The number of rotatable bonds is 4. The van der Waals surface area contributed by atoms with E-state index in [1.807, 2.05) is 54.6 Å². The Morgan fingerprint density at radius 2 is 1.59 bits per heavy atom. The van der Waals surface area contributed by atoms with E-state index < -0.39 is 11.7 Å². The molecule has 0 aliphatic heterocycles. The molecule has 0 fully saturated rings. The van der Waals surface area contributed by atoms with E-state index >= 15 is 0 Å². The van der Waals surface area contributed by atoms with Crippen molar-refractivity contribution in [2.75, 3.05) is 5.32 Å². The van der Waals surface area contributed by atoms with Gasteiger partial charge in [0.25, 0.3) is 0 Å². The van der Waals surface area contributed by atoms with E-state index in [1.54, 1.807) is 6.07 Å². The van der Waals surface area contributed by atoms with Crippen molar-refractivity contribution in [3.05, 3.63) is 83.9 Å². The Labute approximate surface area is 168 Å². The first-order valence-electron chi connectivity index (χ1n) is 8.81. The lowest BCUT2D eigenvalue weighted by Gasteiger charge is -2.06. The summed E-state index contributed by atoms with van der Waals surface area (Å²) in [6, 6.07) is 21.3. The molecule has 0 aliphatic carbocycles. The number of anilines is 1. The second kappa shape index (κ2) is 7.67. The molecule has 0 saturated carbocycles. The summed E-state index contributed by atoms with van der Waals surface area (Å²) in [5, 5.41) is 2.76. The molecule has 1 aromatic heterocycles. The number of nitrogens with one attached hydrogen (secondary N) is 1. The van der Waals surface area contributed by atoms with Crippen molar-refractivity contribution >= 4 is 32.6 Å². The predicted octanol–water partition coefficient (Wildman–Crippen LogP) is 6.16. The lowest BCUT2D eigenvalue weighted by Crippen LogP contribution is -2.14. The van der Waals surface area contributed by atoms with Gasteiger partial charge >= 0.3 is 6.18 Å². The average Bonchev–Trinajstić information content (AvgIpc) is 3.10. The van der Waals surface area contributed by atoms with Crippen LogP contribution in [0.15, 0.2) is 72.8 Å². The fourth-order valence-electron chi connectivity index (χ4n) is 3.03. The topological polar surface area (TPSA) is 42.0 Å². The van der Waals surface area contributed by atoms with E-state index in [1.165, 1.54) is 6.07 Å². The van der Waals surface area contributed by atoms with Gasteiger partial charge in [-0.2, -0.15) is 13.2 Å². The Balaban J connectivity index is 1.47. The first kappa shape index (κ1) is 19.1. The fraction of sp³-hybridized carbons (Fsp3) is 0.0909. The van der Waals surface area contributed by atoms with Crippen LogP contribution in [-0.4, -0.2) is 10.9 Å². The minimum atomic E-state index is -4.49. The molecule has 3 aromatic carbocycles. The van der Waals surface area contributed by atoms with Gasteiger partial charge in [0.2, 0.25) is 5.91 Å². The summed E-state index contributed by atoms with van der Waals surface area (Å²) in [5.74, 6) is -0.329. The molecule has 7 heteroatoms. The maximum absolute atomic E-state index is 13.1. The van der Waals surface area contributed by atoms with E-state index in [2.05, 4.69) is 10.3 Å². The van der Waals surface area contributed by atoms with Gasteiger partial charge in [-0.25, -0.2) is 4.98 Å². The molecule has 1 heterocycles. The van der Waals surface area contributed by atoms with Gasteiger partial charge in [0.1, 0.15) is 0 Å². The number of carbonyl (C=O) groups excluding carboxylic acids is 1. The molecule has 0 atom stereocenters. The number of fused-ring (bicyclic) bond motifs is 1. The highest BCUT2D eigenvalue weighted by Crippen LogP contribution is 2.37. The molecular formula is C22H15F3N2OS. The Kier molecular flexibility index (Phi) is 5.07. The van der Waals surface area contributed by atoms with Crippen LogP contribution in [0.4, 0.5) is 18.3 Å². The van der Waals surface area contributed by atoms with Crippen molar-refractivity contribution in [2.24, 2.45) is 0 Å². The molecule has 146 valence electrons. The number of nitrogens with zero attached hydrogens (tertiary/aromatic N) is 1. The summed E-state index contributed by atoms with van der Waals surface area (Å²) in [4.78, 5) is 16.3. The van der Waals surface area contributed by atoms with E-state index in [-0.39, 0.29) is 23.0 Å². The molecule has 29 heavy (non-hydrogen) atoms. The second-order valence-corrected chi connectivity index (χ2v) is 7.49. The van der Waals surface area contributed by atoms with Gasteiger partial charge in [0, 0.05) is 0 Å². The fourth-order valence-corrected chi connectivity index (χ4v) is 3.93. The normalized spacial score (nSPS) is 11.6. The Morgan fingerprint density at radius 3 is 2.28 bits per heavy atom. The standard InChI is InChI=1S/C22H15F3N2OS/c23-22(24,25)17-7-4-8-18-20(17)27-21(29-18)26-19(28)13-14-9-11-16(12-10-14)15-5-2-1-3-6-15/h1-12H,13H2,(H,26,27,28). The van der Waals surface area contributed by atoms with Crippen LogP contribution >= 0.6 is 11.3 Å². The minimum absolute atomic E-state index is 0.108. The van der Waals surface area contributed by atoms with Gasteiger partial charge in [0.05, 0.1) is 22.2 Å². The molecule has 0 spiro atoms. The first-order chi connectivity index (χ1) is 13.9. The van der Waals surface area contributed by atoms with Gasteiger partial charge in [-0.3, -0.25) is 4.79 Å². The van der Waals surface area contributed by atoms with Gasteiger partial charge in [-0.15, -0.1) is 0 Å². The molecule has 0 radical (unpaired) electrons. The lowest BCUT2D eigenvalue weighted by molar-refractivity contribution is -0.136. The van der Waals surface area contributed by atoms with Crippen LogP contribution in [0.3, 0.4) is 0 Å². The third-order valence-electron chi connectivity index (χ3n) is 4.40. The van der Waals surface area contributed by atoms with Gasteiger partial charge in [-0.1, -0.05) is 72.0 Å². The zero-order valence-electron chi connectivity index (χ0n) is 15.0. The molecular weight excluding hydrogens is 397 g/mol. The second-order valence-electron chi connectivity index (χ2n) is 6.46.